The van der Waals surface area contributed by atoms with E-state index in [0.29, 0.717) is 34.0 Å². The fraction of sp³-hybridized carbons (Fsp3) is 0.125. The van der Waals surface area contributed by atoms with E-state index in [9.17, 15) is 18.0 Å². The Hall–Kier alpha value is -5.14. The summed E-state index contributed by atoms with van der Waals surface area (Å²) in [6, 6.07) is 12.5. The van der Waals surface area contributed by atoms with Gasteiger partial charge < -0.3 is 25.5 Å². The zero-order valence-corrected chi connectivity index (χ0v) is 19.7. The van der Waals surface area contributed by atoms with E-state index < -0.39 is 18.6 Å². The van der Waals surface area contributed by atoms with Crippen molar-refractivity contribution < 1.29 is 27.1 Å². The van der Waals surface area contributed by atoms with Crippen molar-refractivity contribution in [1.29, 1.82) is 0 Å². The first-order valence-corrected chi connectivity index (χ1v) is 11.0. The molecule has 194 valence electrons. The Morgan fingerprint density at radius 2 is 1.92 bits per heavy atom. The van der Waals surface area contributed by atoms with E-state index >= 15 is 0 Å². The van der Waals surface area contributed by atoms with Crippen LogP contribution in [0.3, 0.4) is 0 Å². The van der Waals surface area contributed by atoms with Crippen molar-refractivity contribution in [3.05, 3.63) is 66.6 Å². The summed E-state index contributed by atoms with van der Waals surface area (Å²) in [5.41, 5.74) is 7.92. The summed E-state index contributed by atoms with van der Waals surface area (Å²) in [7, 11) is 1.47. The summed E-state index contributed by atoms with van der Waals surface area (Å²) >= 11 is 0. The van der Waals surface area contributed by atoms with Crippen LogP contribution in [0.1, 0.15) is 10.4 Å². The molecule has 14 heteroatoms. The zero-order valence-electron chi connectivity index (χ0n) is 19.7. The molecule has 2 aromatic carbocycles. The monoisotopic (exact) mass is 524 g/mol. The van der Waals surface area contributed by atoms with E-state index in [-0.39, 0.29) is 23.0 Å². The summed E-state index contributed by atoms with van der Waals surface area (Å²) in [5.74, 6) is -0.103. The lowest BCUT2D eigenvalue weighted by molar-refractivity contribution is -0.142. The summed E-state index contributed by atoms with van der Waals surface area (Å²) in [6.45, 7) is -1.25. The molecule has 0 spiro atoms. The van der Waals surface area contributed by atoms with Crippen molar-refractivity contribution in [2.45, 2.75) is 12.7 Å². The van der Waals surface area contributed by atoms with Crippen molar-refractivity contribution in [3.63, 3.8) is 0 Å². The van der Waals surface area contributed by atoms with Gasteiger partial charge in [0, 0.05) is 12.4 Å². The third kappa shape index (κ3) is 5.18. The van der Waals surface area contributed by atoms with Gasteiger partial charge in [-0.05, 0) is 24.3 Å². The van der Waals surface area contributed by atoms with Crippen LogP contribution in [0.5, 0.6) is 5.75 Å². The van der Waals surface area contributed by atoms with Gasteiger partial charge in [-0.25, -0.2) is 9.97 Å². The Balaban J connectivity index is 1.47. The number of hydrogen-bond acceptors (Lipinski definition) is 9. The molecule has 0 unspecified atom stereocenters. The molecule has 38 heavy (non-hydrogen) atoms. The molecule has 3 heterocycles. The average Bonchev–Trinajstić information content (AvgIpc) is 3.49. The fourth-order valence-corrected chi connectivity index (χ4v) is 3.68. The second kappa shape index (κ2) is 9.72. The highest BCUT2D eigenvalue weighted by atomic mass is 19.4. The number of methoxy groups -OCH3 is 1. The maximum atomic E-state index is 12.6. The summed E-state index contributed by atoms with van der Waals surface area (Å²) < 4.78 is 50.1. The Bertz CT molecular complexity index is 1600. The van der Waals surface area contributed by atoms with Gasteiger partial charge in [-0.2, -0.15) is 23.3 Å². The number of hydrogen-bond donors (Lipinski definition) is 3. The van der Waals surface area contributed by atoms with Crippen LogP contribution in [-0.2, 0) is 6.54 Å². The van der Waals surface area contributed by atoms with Crippen LogP contribution in [0.4, 0.5) is 36.3 Å². The number of anilines is 4. The summed E-state index contributed by atoms with van der Waals surface area (Å²) in [5, 5.41) is 9.45. The first kappa shape index (κ1) is 24.5. The van der Waals surface area contributed by atoms with Crippen LogP contribution in [0.25, 0.3) is 22.6 Å². The molecule has 0 radical (unpaired) electrons. The first-order chi connectivity index (χ1) is 18.2. The maximum Gasteiger partial charge on any atom is 0.408 e. The molecule has 0 saturated heterocycles. The van der Waals surface area contributed by atoms with Gasteiger partial charge in [0.15, 0.2) is 11.3 Å². The molecule has 0 saturated carbocycles. The smallest absolute Gasteiger partial charge is 0.408 e. The molecule has 11 nitrogen and oxygen atoms in total. The molecule has 5 aromatic rings. The predicted octanol–water partition coefficient (Wildman–Crippen LogP) is 4.64. The van der Waals surface area contributed by atoms with Gasteiger partial charge in [0.1, 0.15) is 23.4 Å². The Morgan fingerprint density at radius 1 is 1.11 bits per heavy atom. The highest BCUT2D eigenvalue weighted by molar-refractivity contribution is 5.98. The largest absolute Gasteiger partial charge is 0.494 e. The van der Waals surface area contributed by atoms with E-state index in [1.54, 1.807) is 24.3 Å². The number of primary amides is 1. The second-order valence-electron chi connectivity index (χ2n) is 7.99. The second-order valence-corrected chi connectivity index (χ2v) is 7.99. The molecule has 4 N–H and O–H groups in total. The van der Waals surface area contributed by atoms with E-state index in [1.165, 1.54) is 19.5 Å². The lowest BCUT2D eigenvalue weighted by atomic mass is 10.1. The van der Waals surface area contributed by atoms with Crippen molar-refractivity contribution in [2.24, 2.45) is 5.73 Å². The van der Waals surface area contributed by atoms with Gasteiger partial charge in [-0.3, -0.25) is 9.48 Å². The number of rotatable bonds is 8. The Labute approximate surface area is 212 Å². The number of oxazole rings is 1. The number of para-hydroxylation sites is 3. The van der Waals surface area contributed by atoms with E-state index in [0.717, 1.165) is 10.9 Å². The van der Waals surface area contributed by atoms with Gasteiger partial charge in [-0.15, -0.1) is 0 Å². The molecule has 0 fully saturated rings. The van der Waals surface area contributed by atoms with Gasteiger partial charge in [-0.1, -0.05) is 18.2 Å². The number of halogens is 3. The number of carbonyl (C=O) groups excluding carboxylic acids is 1. The number of ether oxygens (including phenoxy) is 1. The quantitative estimate of drug-likeness (QED) is 0.264. The highest BCUT2D eigenvalue weighted by Crippen LogP contribution is 2.38. The van der Waals surface area contributed by atoms with E-state index in [4.69, 9.17) is 14.9 Å². The summed E-state index contributed by atoms with van der Waals surface area (Å²) in [4.78, 5) is 24.9. The van der Waals surface area contributed by atoms with E-state index in [2.05, 4.69) is 30.7 Å². The number of alkyl halides is 3. The molecular formula is C24H19F3N8O3. The molecule has 0 bridgehead atoms. The third-order valence-electron chi connectivity index (χ3n) is 5.28. The lowest BCUT2D eigenvalue weighted by Crippen LogP contribution is -2.17. The molecule has 3 aromatic heterocycles. The first-order valence-electron chi connectivity index (χ1n) is 11.0. The van der Waals surface area contributed by atoms with Gasteiger partial charge >= 0.3 is 6.18 Å². The molecule has 0 aliphatic heterocycles. The number of amides is 1. The lowest BCUT2D eigenvalue weighted by Gasteiger charge is -2.15. The van der Waals surface area contributed by atoms with Crippen molar-refractivity contribution >= 4 is 40.1 Å². The summed E-state index contributed by atoms with van der Waals surface area (Å²) in [6.07, 6.45) is -0.890. The molecular weight excluding hydrogens is 505 g/mol. The van der Waals surface area contributed by atoms with Gasteiger partial charge in [0.25, 0.3) is 5.91 Å². The minimum atomic E-state index is -4.43. The number of nitrogens with two attached hydrogens (primary N) is 1. The van der Waals surface area contributed by atoms with Crippen molar-refractivity contribution in [3.8, 4) is 17.2 Å². The third-order valence-corrected chi connectivity index (χ3v) is 5.28. The predicted molar refractivity (Wildman–Crippen MR) is 131 cm³/mol. The van der Waals surface area contributed by atoms with Crippen molar-refractivity contribution in [1.82, 2.24) is 24.7 Å². The standard InChI is InChI=1S/C24H19F3N8O3/c1-37-19-14(22-33-16-6-2-3-8-18(16)38-22)5-4-7-17(19)32-21-15(20(28)36)10-29-23(34-21)31-13-9-30-35(11-13)12-24(25,26)27/h2-11H,12H2,1H3,(H2,28,36)(H2,29,31,32,34). The number of benzene rings is 2. The molecule has 0 atom stereocenters. The van der Waals surface area contributed by atoms with E-state index in [1.807, 2.05) is 18.2 Å². The van der Waals surface area contributed by atoms with Crippen molar-refractivity contribution in [2.75, 3.05) is 17.7 Å². The maximum absolute atomic E-state index is 12.6. The minimum Gasteiger partial charge on any atom is -0.494 e. The molecule has 1 amide bonds. The molecule has 0 aliphatic rings. The minimum absolute atomic E-state index is 0.0156. The van der Waals surface area contributed by atoms with Crippen LogP contribution in [0.15, 0.2) is 65.5 Å². The zero-order chi connectivity index (χ0) is 26.9. The highest BCUT2D eigenvalue weighted by Gasteiger charge is 2.28. The normalized spacial score (nSPS) is 11.5. The SMILES string of the molecule is COc1c(Nc2nc(Nc3cnn(CC(F)(F)F)c3)ncc2C(N)=O)cccc1-c1nc2ccccc2o1. The molecule has 5 rings (SSSR count). The number of nitrogens with zero attached hydrogens (tertiary/aromatic N) is 5. The topological polar surface area (TPSA) is 146 Å². The number of nitrogens with one attached hydrogen (secondary N) is 2. The molecule has 0 aliphatic carbocycles. The van der Waals surface area contributed by atoms with Crippen LogP contribution >= 0.6 is 0 Å². The number of carbonyl (C=O) groups is 1. The number of fused-ring (bicyclic) bond motifs is 1. The van der Waals surface area contributed by atoms with Crippen LogP contribution < -0.4 is 21.1 Å². The van der Waals surface area contributed by atoms with Crippen LogP contribution in [0, 0.1) is 0 Å². The Morgan fingerprint density at radius 3 is 2.66 bits per heavy atom. The van der Waals surface area contributed by atoms with Crippen LogP contribution in [-0.4, -0.2) is 43.9 Å². The number of aromatic nitrogens is 5. The van der Waals surface area contributed by atoms with Crippen LogP contribution in [0.2, 0.25) is 0 Å². The van der Waals surface area contributed by atoms with Gasteiger partial charge in [0.05, 0.1) is 30.2 Å². The van der Waals surface area contributed by atoms with Gasteiger partial charge in [0.2, 0.25) is 11.8 Å². The fourth-order valence-electron chi connectivity index (χ4n) is 3.68. The Kier molecular flexibility index (Phi) is 6.28. The average molecular weight is 524 g/mol.